The fraction of sp³-hybridized carbons (Fsp3) is 0.500. The molecular formula is C26H34N2O2. The van der Waals surface area contributed by atoms with Crippen LogP contribution in [0.3, 0.4) is 0 Å². The lowest BCUT2D eigenvalue weighted by atomic mass is 9.77. The fourth-order valence-electron chi connectivity index (χ4n) is 5.55. The predicted molar refractivity (Wildman–Crippen MR) is 120 cm³/mol. The molecule has 0 aromatic heterocycles. The minimum absolute atomic E-state index is 0.0216. The second kappa shape index (κ2) is 9.01. The average Bonchev–Trinajstić information content (AvgIpc) is 3.44. The van der Waals surface area contributed by atoms with E-state index >= 15 is 0 Å². The Morgan fingerprint density at radius 3 is 2.37 bits per heavy atom. The molecule has 0 amide bonds. The minimum atomic E-state index is -1.37. The molecule has 0 bridgehead atoms. The largest absolute Gasteiger partial charge is 0.377 e. The minimum Gasteiger partial charge on any atom is -0.377 e. The molecule has 1 N–H and O–H groups in total. The number of carbonyl (C=O) groups is 1. The van der Waals surface area contributed by atoms with Gasteiger partial charge in [-0.3, -0.25) is 14.6 Å². The summed E-state index contributed by atoms with van der Waals surface area (Å²) in [4.78, 5) is 17.6. The van der Waals surface area contributed by atoms with Crippen molar-refractivity contribution in [2.75, 3.05) is 20.1 Å². The maximum atomic E-state index is 12.5. The first-order valence-electron chi connectivity index (χ1n) is 11.3. The van der Waals surface area contributed by atoms with E-state index < -0.39 is 5.60 Å². The molecule has 1 saturated heterocycles. The van der Waals surface area contributed by atoms with Gasteiger partial charge in [0.05, 0.1) is 0 Å². The summed E-state index contributed by atoms with van der Waals surface area (Å²) in [5.41, 5.74) is 0.739. The molecule has 1 aliphatic carbocycles. The van der Waals surface area contributed by atoms with Gasteiger partial charge in [0.15, 0.2) is 11.4 Å². The number of aliphatic hydroxyl groups is 1. The van der Waals surface area contributed by atoms with Crippen molar-refractivity contribution >= 4 is 5.78 Å². The molecule has 2 aromatic rings. The molecule has 0 spiro atoms. The zero-order valence-electron chi connectivity index (χ0n) is 18.2. The first-order valence-corrected chi connectivity index (χ1v) is 11.3. The number of carbonyl (C=O) groups excluding carboxylic acids is 1. The van der Waals surface area contributed by atoms with Crippen LogP contribution in [-0.4, -0.2) is 52.9 Å². The molecule has 1 aliphatic heterocycles. The third-order valence-corrected chi connectivity index (χ3v) is 7.39. The summed E-state index contributed by atoms with van der Waals surface area (Å²) in [5.74, 6) is -0.163. The highest BCUT2D eigenvalue weighted by Gasteiger charge is 2.47. The van der Waals surface area contributed by atoms with Gasteiger partial charge in [-0.25, -0.2) is 0 Å². The summed E-state index contributed by atoms with van der Waals surface area (Å²) >= 11 is 0. The summed E-state index contributed by atoms with van der Waals surface area (Å²) in [6, 6.07) is 21.2. The van der Waals surface area contributed by atoms with Crippen LogP contribution < -0.4 is 0 Å². The van der Waals surface area contributed by atoms with Gasteiger partial charge in [0.25, 0.3) is 0 Å². The van der Waals surface area contributed by atoms with Crippen molar-refractivity contribution < 1.29 is 9.90 Å². The standard InChI is InChI=1S/C26H34N2O2/c1-20(29)26(30,22-11-7-4-8-12-22)23-13-14-24(17-23)27(2)25-15-16-28(19-25)18-21-9-5-3-6-10-21/h3-12,23-25,30H,13-19H2,1-2H3. The van der Waals surface area contributed by atoms with Crippen LogP contribution in [-0.2, 0) is 16.9 Å². The van der Waals surface area contributed by atoms with Crippen molar-refractivity contribution in [2.45, 2.75) is 56.8 Å². The van der Waals surface area contributed by atoms with E-state index in [4.69, 9.17) is 0 Å². The smallest absolute Gasteiger partial charge is 0.166 e. The molecular weight excluding hydrogens is 372 g/mol. The lowest BCUT2D eigenvalue weighted by Crippen LogP contribution is -2.43. The van der Waals surface area contributed by atoms with Crippen LogP contribution in [0.5, 0.6) is 0 Å². The Morgan fingerprint density at radius 2 is 1.70 bits per heavy atom. The number of rotatable bonds is 7. The van der Waals surface area contributed by atoms with E-state index in [1.165, 1.54) is 18.9 Å². The normalized spacial score (nSPS) is 26.7. The monoisotopic (exact) mass is 406 g/mol. The number of hydrogen-bond acceptors (Lipinski definition) is 4. The van der Waals surface area contributed by atoms with Gasteiger partial charge in [0.2, 0.25) is 0 Å². The maximum absolute atomic E-state index is 12.5. The first-order chi connectivity index (χ1) is 14.5. The first kappa shape index (κ1) is 21.2. The molecule has 4 nitrogen and oxygen atoms in total. The highest BCUT2D eigenvalue weighted by Crippen LogP contribution is 2.43. The molecule has 4 atom stereocenters. The van der Waals surface area contributed by atoms with Gasteiger partial charge in [-0.05, 0) is 50.8 Å². The fourth-order valence-corrected chi connectivity index (χ4v) is 5.55. The molecule has 0 radical (unpaired) electrons. The van der Waals surface area contributed by atoms with Crippen LogP contribution >= 0.6 is 0 Å². The van der Waals surface area contributed by atoms with Crippen LogP contribution in [0.2, 0.25) is 0 Å². The average molecular weight is 407 g/mol. The Hall–Kier alpha value is -2.01. The number of hydrogen-bond donors (Lipinski definition) is 1. The molecule has 4 heteroatoms. The Balaban J connectivity index is 1.38. The zero-order valence-corrected chi connectivity index (χ0v) is 18.2. The highest BCUT2D eigenvalue weighted by molar-refractivity contribution is 5.86. The van der Waals surface area contributed by atoms with E-state index in [0.717, 1.165) is 44.5 Å². The second-order valence-electron chi connectivity index (χ2n) is 9.18. The SMILES string of the molecule is CC(=O)C(O)(c1ccccc1)C1CCC(N(C)C2CCN(Cc3ccccc3)C2)C1. The second-order valence-corrected chi connectivity index (χ2v) is 9.18. The topological polar surface area (TPSA) is 43.8 Å². The lowest BCUT2D eigenvalue weighted by Gasteiger charge is -2.34. The van der Waals surface area contributed by atoms with Crippen molar-refractivity contribution in [3.8, 4) is 0 Å². The van der Waals surface area contributed by atoms with Crippen LogP contribution in [0.15, 0.2) is 60.7 Å². The zero-order chi connectivity index (χ0) is 21.1. The van der Waals surface area contributed by atoms with E-state index in [-0.39, 0.29) is 11.7 Å². The summed E-state index contributed by atoms with van der Waals surface area (Å²) in [6.45, 7) is 4.75. The molecule has 4 rings (SSSR count). The number of nitrogens with zero attached hydrogens (tertiary/aromatic N) is 2. The molecule has 4 unspecified atom stereocenters. The van der Waals surface area contributed by atoms with Crippen molar-refractivity contribution in [1.82, 2.24) is 9.80 Å². The summed E-state index contributed by atoms with van der Waals surface area (Å²) < 4.78 is 0. The Kier molecular flexibility index (Phi) is 6.37. The third-order valence-electron chi connectivity index (χ3n) is 7.39. The van der Waals surface area contributed by atoms with Crippen molar-refractivity contribution in [3.05, 3.63) is 71.8 Å². The Labute approximate surface area is 180 Å². The lowest BCUT2D eigenvalue weighted by molar-refractivity contribution is -0.142. The molecule has 30 heavy (non-hydrogen) atoms. The quantitative estimate of drug-likeness (QED) is 0.759. The number of likely N-dealkylation sites (tertiary alicyclic amines) is 1. The third kappa shape index (κ3) is 4.22. The van der Waals surface area contributed by atoms with Gasteiger partial charge >= 0.3 is 0 Å². The summed E-state index contributed by atoms with van der Waals surface area (Å²) in [6.07, 6.45) is 3.98. The maximum Gasteiger partial charge on any atom is 0.166 e. The van der Waals surface area contributed by atoms with E-state index in [2.05, 4.69) is 47.2 Å². The van der Waals surface area contributed by atoms with Crippen molar-refractivity contribution in [3.63, 3.8) is 0 Å². The number of ketones is 1. The number of benzene rings is 2. The summed E-state index contributed by atoms with van der Waals surface area (Å²) in [5, 5.41) is 11.5. The number of likely N-dealkylation sites (N-methyl/N-ethyl adjacent to an activating group) is 1. The van der Waals surface area contributed by atoms with Crippen molar-refractivity contribution in [2.24, 2.45) is 5.92 Å². The van der Waals surface area contributed by atoms with Crippen LogP contribution in [0, 0.1) is 5.92 Å². The van der Waals surface area contributed by atoms with Gasteiger partial charge in [-0.2, -0.15) is 0 Å². The van der Waals surface area contributed by atoms with Gasteiger partial charge in [0, 0.05) is 37.6 Å². The van der Waals surface area contributed by atoms with Gasteiger partial charge < -0.3 is 5.11 Å². The van der Waals surface area contributed by atoms with E-state index in [9.17, 15) is 9.90 Å². The predicted octanol–water partition coefficient (Wildman–Crippen LogP) is 3.84. The molecule has 2 aromatic carbocycles. The highest BCUT2D eigenvalue weighted by atomic mass is 16.3. The molecule has 2 fully saturated rings. The van der Waals surface area contributed by atoms with Crippen molar-refractivity contribution in [1.29, 1.82) is 0 Å². The van der Waals surface area contributed by atoms with E-state index in [0.29, 0.717) is 12.1 Å². The van der Waals surface area contributed by atoms with Gasteiger partial charge in [-0.15, -0.1) is 0 Å². The summed E-state index contributed by atoms with van der Waals surface area (Å²) in [7, 11) is 2.24. The number of Topliss-reactive ketones (excluding diaryl/α,β-unsaturated/α-hetero) is 1. The molecule has 1 heterocycles. The van der Waals surface area contributed by atoms with E-state index in [1.807, 2.05) is 30.3 Å². The van der Waals surface area contributed by atoms with Crippen LogP contribution in [0.1, 0.15) is 43.7 Å². The molecule has 1 saturated carbocycles. The van der Waals surface area contributed by atoms with Gasteiger partial charge in [-0.1, -0.05) is 60.7 Å². The van der Waals surface area contributed by atoms with Crippen LogP contribution in [0.4, 0.5) is 0 Å². The molecule has 160 valence electrons. The van der Waals surface area contributed by atoms with Gasteiger partial charge in [0.1, 0.15) is 0 Å². The van der Waals surface area contributed by atoms with E-state index in [1.54, 1.807) is 0 Å². The molecule has 2 aliphatic rings. The van der Waals surface area contributed by atoms with Crippen LogP contribution in [0.25, 0.3) is 0 Å². The Morgan fingerprint density at radius 1 is 1.03 bits per heavy atom. The Bertz CT molecular complexity index is 841.